The summed E-state index contributed by atoms with van der Waals surface area (Å²) >= 11 is 0. The van der Waals surface area contributed by atoms with Crippen LogP contribution in [0.5, 0.6) is 17.2 Å². The lowest BCUT2D eigenvalue weighted by atomic mass is 9.85. The topological polar surface area (TPSA) is 96.2 Å². The normalized spacial score (nSPS) is 18.4. The zero-order valence-corrected chi connectivity index (χ0v) is 18.0. The van der Waals surface area contributed by atoms with Gasteiger partial charge in [-0.3, -0.25) is 4.98 Å². The average Bonchev–Trinajstić information content (AvgIpc) is 3.35. The van der Waals surface area contributed by atoms with Gasteiger partial charge in [0.25, 0.3) is 0 Å². The Morgan fingerprint density at radius 3 is 2.67 bits per heavy atom. The van der Waals surface area contributed by atoms with Crippen molar-refractivity contribution in [1.29, 1.82) is 0 Å². The van der Waals surface area contributed by atoms with Crippen LogP contribution >= 0.6 is 0 Å². The smallest absolute Gasteiger partial charge is 0.248 e. The van der Waals surface area contributed by atoms with E-state index in [1.807, 2.05) is 60.8 Å². The Bertz CT molecular complexity index is 1370. The second-order valence-electron chi connectivity index (χ2n) is 7.70. The third-order valence-corrected chi connectivity index (χ3v) is 5.95. The quantitative estimate of drug-likeness (QED) is 0.514. The highest BCUT2D eigenvalue weighted by Gasteiger charge is 2.41. The van der Waals surface area contributed by atoms with Gasteiger partial charge < -0.3 is 19.5 Å². The number of methoxy groups -OCH3 is 2. The van der Waals surface area contributed by atoms with Crippen LogP contribution in [0.15, 0.2) is 72.6 Å². The molecular formula is C24H20N6O3. The Hall–Kier alpha value is -4.40. The molecule has 0 spiro atoms. The van der Waals surface area contributed by atoms with Crippen LogP contribution in [0.3, 0.4) is 0 Å². The molecule has 164 valence electrons. The molecule has 4 aromatic rings. The maximum absolute atomic E-state index is 6.61. The van der Waals surface area contributed by atoms with Gasteiger partial charge in [0.1, 0.15) is 17.9 Å². The average molecular weight is 440 g/mol. The zero-order valence-electron chi connectivity index (χ0n) is 18.0. The predicted molar refractivity (Wildman–Crippen MR) is 120 cm³/mol. The minimum atomic E-state index is -0.426. The van der Waals surface area contributed by atoms with Crippen molar-refractivity contribution in [2.24, 2.45) is 0 Å². The molecule has 33 heavy (non-hydrogen) atoms. The second-order valence-corrected chi connectivity index (χ2v) is 7.70. The second kappa shape index (κ2) is 7.63. The SMILES string of the molecule is COc1ccc(C2Oc3ccccc3C3=C2C(c2cccnc2)n2nnnc2N3)cc1OC. The van der Waals surface area contributed by atoms with Crippen molar-refractivity contribution in [3.63, 3.8) is 0 Å². The van der Waals surface area contributed by atoms with Crippen molar-refractivity contribution in [2.75, 3.05) is 19.5 Å². The molecule has 2 aromatic carbocycles. The largest absolute Gasteiger partial charge is 0.493 e. The van der Waals surface area contributed by atoms with Crippen molar-refractivity contribution in [1.82, 2.24) is 25.2 Å². The van der Waals surface area contributed by atoms with E-state index in [2.05, 4.69) is 25.8 Å². The molecule has 0 aliphatic carbocycles. The van der Waals surface area contributed by atoms with Crippen LogP contribution in [0, 0.1) is 0 Å². The standard InChI is InChI=1S/C24H20N6O3/c1-31-18-10-9-14(12-19(18)32-2)23-20-21(16-7-3-4-8-17(16)33-23)26-24-27-28-29-30(24)22(20)15-6-5-11-25-13-15/h3-13,22-23H,1-2H3,(H,26,27,29). The number of hydrogen-bond acceptors (Lipinski definition) is 8. The van der Waals surface area contributed by atoms with Crippen LogP contribution in [-0.4, -0.2) is 39.4 Å². The van der Waals surface area contributed by atoms with Gasteiger partial charge in [-0.1, -0.05) is 29.4 Å². The molecule has 9 heteroatoms. The van der Waals surface area contributed by atoms with Gasteiger partial charge in [0.2, 0.25) is 5.95 Å². The van der Waals surface area contributed by atoms with Gasteiger partial charge in [0.05, 0.1) is 19.9 Å². The number of ether oxygens (including phenoxy) is 3. The number of tetrazole rings is 1. The maximum atomic E-state index is 6.61. The van der Waals surface area contributed by atoms with E-state index in [0.717, 1.165) is 33.7 Å². The van der Waals surface area contributed by atoms with Gasteiger partial charge >= 0.3 is 0 Å². The Morgan fingerprint density at radius 1 is 0.970 bits per heavy atom. The number of rotatable bonds is 4. The highest BCUT2D eigenvalue weighted by Crippen LogP contribution is 2.50. The molecule has 2 atom stereocenters. The van der Waals surface area contributed by atoms with Crippen LogP contribution < -0.4 is 19.5 Å². The van der Waals surface area contributed by atoms with E-state index in [4.69, 9.17) is 14.2 Å². The van der Waals surface area contributed by atoms with Gasteiger partial charge in [0, 0.05) is 29.1 Å². The van der Waals surface area contributed by atoms with E-state index in [9.17, 15) is 0 Å². The molecule has 6 rings (SSSR count). The van der Waals surface area contributed by atoms with Crippen molar-refractivity contribution >= 4 is 11.6 Å². The number of para-hydroxylation sites is 1. The minimum absolute atomic E-state index is 0.314. The first-order valence-corrected chi connectivity index (χ1v) is 10.5. The Balaban J connectivity index is 1.60. The van der Waals surface area contributed by atoms with Crippen molar-refractivity contribution in [3.05, 3.63) is 89.3 Å². The van der Waals surface area contributed by atoms with Gasteiger partial charge in [0.15, 0.2) is 11.5 Å². The van der Waals surface area contributed by atoms with Gasteiger partial charge in [-0.25, -0.2) is 0 Å². The van der Waals surface area contributed by atoms with Gasteiger partial charge in [-0.2, -0.15) is 4.68 Å². The molecule has 2 aromatic heterocycles. The summed E-state index contributed by atoms with van der Waals surface area (Å²) in [6.07, 6.45) is 3.15. The Labute approximate surface area is 189 Å². The third-order valence-electron chi connectivity index (χ3n) is 5.95. The van der Waals surface area contributed by atoms with Crippen LogP contribution in [-0.2, 0) is 0 Å². The molecular weight excluding hydrogens is 420 g/mol. The van der Waals surface area contributed by atoms with Crippen LogP contribution in [0.2, 0.25) is 0 Å². The van der Waals surface area contributed by atoms with Crippen LogP contribution in [0.1, 0.15) is 28.8 Å². The zero-order chi connectivity index (χ0) is 22.4. The number of nitrogens with zero attached hydrogens (tertiary/aromatic N) is 5. The Morgan fingerprint density at radius 2 is 1.85 bits per heavy atom. The fourth-order valence-electron chi connectivity index (χ4n) is 4.49. The number of aromatic nitrogens is 5. The summed E-state index contributed by atoms with van der Waals surface area (Å²) in [6, 6.07) is 17.4. The number of hydrogen-bond donors (Lipinski definition) is 1. The summed E-state index contributed by atoms with van der Waals surface area (Å²) in [7, 11) is 3.24. The molecule has 0 amide bonds. The summed E-state index contributed by atoms with van der Waals surface area (Å²) in [6.45, 7) is 0. The number of benzene rings is 2. The first-order valence-electron chi connectivity index (χ1n) is 10.5. The number of fused-ring (bicyclic) bond motifs is 3. The van der Waals surface area contributed by atoms with Gasteiger partial charge in [-0.05, 0) is 46.3 Å². The third kappa shape index (κ3) is 3.00. The molecule has 2 unspecified atom stereocenters. The predicted octanol–water partition coefficient (Wildman–Crippen LogP) is 3.65. The lowest BCUT2D eigenvalue weighted by molar-refractivity contribution is 0.222. The van der Waals surface area contributed by atoms with E-state index in [1.165, 1.54) is 0 Å². The first-order chi connectivity index (χ1) is 16.3. The highest BCUT2D eigenvalue weighted by atomic mass is 16.5. The summed E-state index contributed by atoms with van der Waals surface area (Å²) in [5.41, 5.74) is 4.73. The van der Waals surface area contributed by atoms with Gasteiger partial charge in [-0.15, -0.1) is 0 Å². The lowest BCUT2D eigenvalue weighted by Gasteiger charge is -2.38. The summed E-state index contributed by atoms with van der Waals surface area (Å²) < 4.78 is 19.4. The van der Waals surface area contributed by atoms with E-state index in [1.54, 1.807) is 25.1 Å². The number of anilines is 1. The fourth-order valence-corrected chi connectivity index (χ4v) is 4.49. The van der Waals surface area contributed by atoms with E-state index < -0.39 is 6.10 Å². The van der Waals surface area contributed by atoms with E-state index >= 15 is 0 Å². The van der Waals surface area contributed by atoms with Crippen LogP contribution in [0.25, 0.3) is 5.70 Å². The Kier molecular flexibility index (Phi) is 4.46. The molecule has 0 saturated heterocycles. The van der Waals surface area contributed by atoms with Crippen molar-refractivity contribution in [2.45, 2.75) is 12.1 Å². The van der Waals surface area contributed by atoms with Crippen molar-refractivity contribution in [3.8, 4) is 17.2 Å². The molecule has 2 aliphatic rings. The van der Waals surface area contributed by atoms with E-state index in [-0.39, 0.29) is 6.04 Å². The fraction of sp³-hybridized carbons (Fsp3) is 0.167. The summed E-state index contributed by atoms with van der Waals surface area (Å²) in [4.78, 5) is 4.34. The monoisotopic (exact) mass is 440 g/mol. The first kappa shape index (κ1) is 19.3. The summed E-state index contributed by atoms with van der Waals surface area (Å²) in [5.74, 6) is 2.61. The van der Waals surface area contributed by atoms with Crippen LogP contribution in [0.4, 0.5) is 5.95 Å². The molecule has 9 nitrogen and oxygen atoms in total. The molecule has 4 heterocycles. The molecule has 2 aliphatic heterocycles. The molecule has 0 bridgehead atoms. The molecule has 0 fully saturated rings. The number of nitrogens with one attached hydrogen (secondary N) is 1. The summed E-state index contributed by atoms with van der Waals surface area (Å²) in [5, 5.41) is 15.8. The van der Waals surface area contributed by atoms with Crippen molar-refractivity contribution < 1.29 is 14.2 Å². The van der Waals surface area contributed by atoms with E-state index in [0.29, 0.717) is 17.4 Å². The molecule has 0 radical (unpaired) electrons. The maximum Gasteiger partial charge on any atom is 0.248 e. The number of pyridine rings is 1. The minimum Gasteiger partial charge on any atom is -0.493 e. The highest BCUT2D eigenvalue weighted by molar-refractivity contribution is 5.85. The molecule has 1 N–H and O–H groups in total. The molecule has 0 saturated carbocycles. The lowest BCUT2D eigenvalue weighted by Crippen LogP contribution is -2.32.